The van der Waals surface area contributed by atoms with Gasteiger partial charge in [0.25, 0.3) is 0 Å². The van der Waals surface area contributed by atoms with E-state index in [0.717, 1.165) is 40.5 Å². The summed E-state index contributed by atoms with van der Waals surface area (Å²) in [5.74, 6) is 0.441. The van der Waals surface area contributed by atoms with Gasteiger partial charge in [0, 0.05) is 25.8 Å². The molecule has 4 rings (SSSR count). The molecule has 0 amide bonds. The maximum Gasteiger partial charge on any atom is 0.243 e. The van der Waals surface area contributed by atoms with Crippen molar-refractivity contribution in [1.29, 1.82) is 0 Å². The number of nitrogens with zero attached hydrogens (tertiary/aromatic N) is 2. The third-order valence-corrected chi connectivity index (χ3v) is 8.93. The molecule has 1 aliphatic rings. The van der Waals surface area contributed by atoms with Crippen LogP contribution in [0, 0.1) is 26.7 Å². The minimum atomic E-state index is -3.43. The summed E-state index contributed by atoms with van der Waals surface area (Å²) in [5.41, 5.74) is 4.21. The van der Waals surface area contributed by atoms with Crippen molar-refractivity contribution in [1.82, 2.24) is 9.29 Å². The largest absolute Gasteiger partial charge is 0.361 e. The quantitative estimate of drug-likeness (QED) is 0.552. The van der Waals surface area contributed by atoms with Crippen molar-refractivity contribution in [2.75, 3.05) is 25.0 Å². The average Bonchev–Trinajstić information content (AvgIpc) is 3.23. The molecule has 164 valence electrons. The topological polar surface area (TPSA) is 62.3 Å². The molecule has 0 saturated carbocycles. The fourth-order valence-electron chi connectivity index (χ4n) is 4.00. The number of aryl methyl sites for hydroxylation is 3. The van der Waals surface area contributed by atoms with Crippen molar-refractivity contribution in [3.8, 4) is 10.4 Å². The summed E-state index contributed by atoms with van der Waals surface area (Å²) in [6.45, 7) is 7.83. The van der Waals surface area contributed by atoms with Gasteiger partial charge in [-0.3, -0.25) is 0 Å². The van der Waals surface area contributed by atoms with Crippen LogP contribution in [0.25, 0.3) is 10.4 Å². The molecule has 3 aromatic rings. The van der Waals surface area contributed by atoms with Crippen LogP contribution in [0.4, 0.5) is 5.13 Å². The van der Waals surface area contributed by atoms with Crippen molar-refractivity contribution in [2.45, 2.75) is 38.5 Å². The number of nitrogens with one attached hydrogen (secondary N) is 1. The molecule has 0 aliphatic carbocycles. The minimum Gasteiger partial charge on any atom is -0.361 e. The molecule has 5 nitrogen and oxygen atoms in total. The van der Waals surface area contributed by atoms with Crippen LogP contribution in [0.15, 0.2) is 53.6 Å². The molecule has 1 saturated heterocycles. The number of anilines is 1. The van der Waals surface area contributed by atoms with Gasteiger partial charge in [-0.15, -0.1) is 0 Å². The Hall–Kier alpha value is -2.22. The highest BCUT2D eigenvalue weighted by Gasteiger charge is 2.30. The minimum absolute atomic E-state index is 0.440. The first-order valence-electron chi connectivity index (χ1n) is 10.7. The van der Waals surface area contributed by atoms with Gasteiger partial charge in [-0.2, -0.15) is 4.31 Å². The number of hydrogen-bond acceptors (Lipinski definition) is 5. The van der Waals surface area contributed by atoms with E-state index in [0.29, 0.717) is 23.9 Å². The van der Waals surface area contributed by atoms with E-state index < -0.39 is 10.0 Å². The molecular formula is C24H29N3O2S2. The summed E-state index contributed by atoms with van der Waals surface area (Å²) in [7, 11) is -3.43. The third kappa shape index (κ3) is 5.00. The van der Waals surface area contributed by atoms with E-state index in [1.807, 2.05) is 32.2 Å². The molecule has 0 bridgehead atoms. The van der Waals surface area contributed by atoms with Crippen molar-refractivity contribution >= 4 is 26.5 Å². The standard InChI is InChI=1S/C24H29N3O2S2/c1-17-5-4-6-21(13-17)22-16-26-24(30-22)25-15-20-9-11-27(12-10-20)31(28,29)23-14-18(2)7-8-19(23)3/h4-8,13-14,16,20H,9-12,15H2,1-3H3,(H,25,26). The molecular weight excluding hydrogens is 426 g/mol. The maximum atomic E-state index is 13.1. The van der Waals surface area contributed by atoms with Crippen LogP contribution < -0.4 is 5.32 Å². The molecule has 0 unspecified atom stereocenters. The predicted octanol–water partition coefficient (Wildman–Crippen LogP) is 5.25. The van der Waals surface area contributed by atoms with Gasteiger partial charge in [0.1, 0.15) is 0 Å². The van der Waals surface area contributed by atoms with Crippen molar-refractivity contribution in [2.24, 2.45) is 5.92 Å². The fraction of sp³-hybridized carbons (Fsp3) is 0.375. The van der Waals surface area contributed by atoms with E-state index in [-0.39, 0.29) is 0 Å². The van der Waals surface area contributed by atoms with E-state index in [9.17, 15) is 8.42 Å². The van der Waals surface area contributed by atoms with Crippen molar-refractivity contribution < 1.29 is 8.42 Å². The lowest BCUT2D eigenvalue weighted by Gasteiger charge is -2.31. The first kappa shape index (κ1) is 22.0. The summed E-state index contributed by atoms with van der Waals surface area (Å²) in [6, 6.07) is 14.1. The van der Waals surface area contributed by atoms with Crippen LogP contribution in [-0.4, -0.2) is 37.3 Å². The van der Waals surface area contributed by atoms with Gasteiger partial charge in [0.15, 0.2) is 5.13 Å². The van der Waals surface area contributed by atoms with E-state index in [2.05, 4.69) is 41.5 Å². The normalized spacial score (nSPS) is 15.8. The second-order valence-corrected chi connectivity index (χ2v) is 11.3. The lowest BCUT2D eigenvalue weighted by atomic mass is 9.98. The number of hydrogen-bond donors (Lipinski definition) is 1. The van der Waals surface area contributed by atoms with Crippen molar-refractivity contribution in [3.63, 3.8) is 0 Å². The number of piperidine rings is 1. The monoisotopic (exact) mass is 455 g/mol. The molecule has 1 aromatic heterocycles. The van der Waals surface area contributed by atoms with E-state index >= 15 is 0 Å². The van der Waals surface area contributed by atoms with Gasteiger partial charge < -0.3 is 5.32 Å². The van der Waals surface area contributed by atoms with Crippen LogP contribution in [0.3, 0.4) is 0 Å². The Morgan fingerprint density at radius 3 is 2.55 bits per heavy atom. The number of sulfonamides is 1. The van der Waals surface area contributed by atoms with Gasteiger partial charge in [-0.1, -0.05) is 53.3 Å². The zero-order chi connectivity index (χ0) is 22.0. The Morgan fingerprint density at radius 1 is 1.06 bits per heavy atom. The highest BCUT2D eigenvalue weighted by molar-refractivity contribution is 7.89. The summed E-state index contributed by atoms with van der Waals surface area (Å²) < 4.78 is 27.9. The summed E-state index contributed by atoms with van der Waals surface area (Å²) >= 11 is 1.66. The summed E-state index contributed by atoms with van der Waals surface area (Å²) in [4.78, 5) is 6.11. The Bertz CT molecular complexity index is 1160. The van der Waals surface area contributed by atoms with Crippen LogP contribution >= 0.6 is 11.3 Å². The Morgan fingerprint density at radius 2 is 1.81 bits per heavy atom. The first-order valence-corrected chi connectivity index (χ1v) is 12.9. The highest BCUT2D eigenvalue weighted by Crippen LogP contribution is 2.31. The van der Waals surface area contributed by atoms with E-state index in [1.54, 1.807) is 21.7 Å². The zero-order valence-corrected chi connectivity index (χ0v) is 19.9. The van der Waals surface area contributed by atoms with E-state index in [1.165, 1.54) is 11.1 Å². The molecule has 0 atom stereocenters. The van der Waals surface area contributed by atoms with Crippen LogP contribution in [-0.2, 0) is 10.0 Å². The smallest absolute Gasteiger partial charge is 0.243 e. The fourth-order valence-corrected chi connectivity index (χ4v) is 6.60. The zero-order valence-electron chi connectivity index (χ0n) is 18.3. The molecule has 2 heterocycles. The number of benzene rings is 2. The van der Waals surface area contributed by atoms with Gasteiger partial charge in [-0.25, -0.2) is 13.4 Å². The molecule has 1 fully saturated rings. The van der Waals surface area contributed by atoms with Crippen molar-refractivity contribution in [3.05, 3.63) is 65.4 Å². The Balaban J connectivity index is 1.33. The third-order valence-electron chi connectivity index (χ3n) is 5.89. The molecule has 2 aromatic carbocycles. The molecule has 0 radical (unpaired) electrons. The molecule has 1 N–H and O–H groups in total. The highest BCUT2D eigenvalue weighted by atomic mass is 32.2. The molecule has 7 heteroatoms. The van der Waals surface area contributed by atoms with Gasteiger partial charge in [0.2, 0.25) is 10.0 Å². The van der Waals surface area contributed by atoms with Crippen LogP contribution in [0.2, 0.25) is 0 Å². The average molecular weight is 456 g/mol. The van der Waals surface area contributed by atoms with Gasteiger partial charge in [0.05, 0.1) is 9.77 Å². The lowest BCUT2D eigenvalue weighted by molar-refractivity contribution is 0.282. The maximum absolute atomic E-state index is 13.1. The van der Waals surface area contributed by atoms with Crippen LogP contribution in [0.5, 0.6) is 0 Å². The second-order valence-electron chi connectivity index (χ2n) is 8.40. The number of aromatic nitrogens is 1. The number of rotatable bonds is 6. The first-order chi connectivity index (χ1) is 14.8. The second kappa shape index (κ2) is 9.10. The van der Waals surface area contributed by atoms with E-state index in [4.69, 9.17) is 0 Å². The number of thiazole rings is 1. The summed E-state index contributed by atoms with van der Waals surface area (Å²) in [6.07, 6.45) is 3.63. The predicted molar refractivity (Wildman–Crippen MR) is 128 cm³/mol. The Kier molecular flexibility index (Phi) is 6.46. The lowest BCUT2D eigenvalue weighted by Crippen LogP contribution is -2.40. The van der Waals surface area contributed by atoms with Gasteiger partial charge >= 0.3 is 0 Å². The molecule has 1 aliphatic heterocycles. The van der Waals surface area contributed by atoms with Gasteiger partial charge in [-0.05, 0) is 62.3 Å². The molecule has 31 heavy (non-hydrogen) atoms. The summed E-state index contributed by atoms with van der Waals surface area (Å²) in [5, 5.41) is 4.38. The SMILES string of the molecule is Cc1cccc(-c2cnc(NCC3CCN(S(=O)(=O)c4cc(C)ccc4C)CC3)s2)c1. The van der Waals surface area contributed by atoms with Crippen LogP contribution in [0.1, 0.15) is 29.5 Å². The molecule has 0 spiro atoms. The Labute approximate surface area is 189 Å².